The van der Waals surface area contributed by atoms with Gasteiger partial charge in [0.2, 0.25) is 5.71 Å². The van der Waals surface area contributed by atoms with E-state index >= 15 is 0 Å². The van der Waals surface area contributed by atoms with Gasteiger partial charge >= 0.3 is 0 Å². The molecule has 54 heavy (non-hydrogen) atoms. The standard InChI is InChI=1S/C51H32N2O/c1-4-17-41-33(11-1)14-10-21-42(41)35-15-9-16-39(29-35)53(40-27-28-50-47(32-40)48-31-37-13-3-8-22-49(37)52-51(48)54-50)38-25-23-34(24-26-38)46-30-36-12-2-5-18-43(36)44-19-6-7-20-45(44)46/h1-32H. The summed E-state index contributed by atoms with van der Waals surface area (Å²) in [5.41, 5.74) is 10.4. The van der Waals surface area contributed by atoms with Gasteiger partial charge in [-0.2, -0.15) is 0 Å². The van der Waals surface area contributed by atoms with Crippen LogP contribution in [0.1, 0.15) is 0 Å². The number of hydrogen-bond acceptors (Lipinski definition) is 3. The van der Waals surface area contributed by atoms with Crippen molar-refractivity contribution < 1.29 is 4.42 Å². The average Bonchev–Trinajstić information content (AvgIpc) is 3.59. The van der Waals surface area contributed by atoms with Crippen LogP contribution < -0.4 is 4.90 Å². The van der Waals surface area contributed by atoms with Crippen molar-refractivity contribution in [2.45, 2.75) is 0 Å². The summed E-state index contributed by atoms with van der Waals surface area (Å²) in [7, 11) is 0. The van der Waals surface area contributed by atoms with Gasteiger partial charge in [-0.3, -0.25) is 0 Å². The highest BCUT2D eigenvalue weighted by molar-refractivity contribution is 6.14. The Bertz CT molecular complexity index is 3230. The zero-order chi connectivity index (χ0) is 35.6. The van der Waals surface area contributed by atoms with E-state index in [0.29, 0.717) is 5.71 Å². The van der Waals surface area contributed by atoms with Crippen molar-refractivity contribution in [1.29, 1.82) is 0 Å². The lowest BCUT2D eigenvalue weighted by molar-refractivity contribution is 0.656. The fourth-order valence-electron chi connectivity index (χ4n) is 8.25. The first-order valence-corrected chi connectivity index (χ1v) is 18.4. The Morgan fingerprint density at radius 1 is 0.352 bits per heavy atom. The number of fused-ring (bicyclic) bond motifs is 8. The van der Waals surface area contributed by atoms with Crippen molar-refractivity contribution >= 4 is 82.4 Å². The number of hydrogen-bond donors (Lipinski definition) is 0. The average molecular weight is 689 g/mol. The molecule has 0 spiro atoms. The maximum atomic E-state index is 6.33. The van der Waals surface area contributed by atoms with Gasteiger partial charge in [0.1, 0.15) is 5.58 Å². The molecule has 252 valence electrons. The molecular formula is C51H32N2O. The smallest absolute Gasteiger partial charge is 0.227 e. The van der Waals surface area contributed by atoms with Crippen LogP contribution in [0.25, 0.3) is 87.5 Å². The highest BCUT2D eigenvalue weighted by atomic mass is 16.3. The summed E-state index contributed by atoms with van der Waals surface area (Å²) in [5, 5.41) is 10.6. The molecule has 3 nitrogen and oxygen atoms in total. The Balaban J connectivity index is 1.09. The minimum absolute atomic E-state index is 0.650. The lowest BCUT2D eigenvalue weighted by atomic mass is 9.93. The van der Waals surface area contributed by atoms with Crippen LogP contribution in [-0.4, -0.2) is 4.98 Å². The molecule has 0 N–H and O–H groups in total. The van der Waals surface area contributed by atoms with E-state index in [-0.39, 0.29) is 0 Å². The Kier molecular flexibility index (Phi) is 6.86. The molecule has 0 saturated carbocycles. The van der Waals surface area contributed by atoms with Crippen molar-refractivity contribution in [3.63, 3.8) is 0 Å². The van der Waals surface area contributed by atoms with E-state index in [2.05, 4.69) is 187 Å². The van der Waals surface area contributed by atoms with E-state index in [9.17, 15) is 0 Å². The Morgan fingerprint density at radius 2 is 1.02 bits per heavy atom. The van der Waals surface area contributed by atoms with Crippen LogP contribution in [0.2, 0.25) is 0 Å². The molecular weight excluding hydrogens is 657 g/mol. The summed E-state index contributed by atoms with van der Waals surface area (Å²) in [5.74, 6) is 0. The highest BCUT2D eigenvalue weighted by Crippen LogP contribution is 2.42. The molecule has 2 aromatic heterocycles. The van der Waals surface area contributed by atoms with Gasteiger partial charge in [0, 0.05) is 33.2 Å². The third-order valence-corrected chi connectivity index (χ3v) is 10.8. The van der Waals surface area contributed by atoms with E-state index < -0.39 is 0 Å². The Morgan fingerprint density at radius 3 is 1.89 bits per heavy atom. The summed E-state index contributed by atoms with van der Waals surface area (Å²) in [6.07, 6.45) is 0. The van der Waals surface area contributed by atoms with Gasteiger partial charge in [-0.1, -0.05) is 133 Å². The first-order chi connectivity index (χ1) is 26.7. The summed E-state index contributed by atoms with van der Waals surface area (Å²) in [6.45, 7) is 0. The molecule has 3 heteroatoms. The van der Waals surface area contributed by atoms with E-state index in [1.54, 1.807) is 0 Å². The summed E-state index contributed by atoms with van der Waals surface area (Å²) in [4.78, 5) is 7.23. The molecule has 0 atom stereocenters. The van der Waals surface area contributed by atoms with Crippen molar-refractivity contribution in [3.8, 4) is 22.3 Å². The maximum Gasteiger partial charge on any atom is 0.227 e. The predicted molar refractivity (Wildman–Crippen MR) is 227 cm³/mol. The Labute approximate surface area is 312 Å². The van der Waals surface area contributed by atoms with Crippen LogP contribution in [-0.2, 0) is 0 Å². The van der Waals surface area contributed by atoms with Crippen molar-refractivity contribution in [3.05, 3.63) is 194 Å². The number of benzene rings is 9. The SMILES string of the molecule is c1cc(-c2cccc3ccccc23)cc(N(c2ccc(-c3cc4ccccc4c4ccccc34)cc2)c2ccc3oc4nc5ccccc5cc4c3c2)c1. The molecule has 11 aromatic rings. The molecule has 0 saturated heterocycles. The minimum atomic E-state index is 0.650. The van der Waals surface area contributed by atoms with Gasteiger partial charge in [0.25, 0.3) is 0 Å². The zero-order valence-corrected chi connectivity index (χ0v) is 29.3. The lowest BCUT2D eigenvalue weighted by Gasteiger charge is -2.26. The van der Waals surface area contributed by atoms with Gasteiger partial charge in [-0.05, 0) is 115 Å². The zero-order valence-electron chi connectivity index (χ0n) is 29.3. The molecule has 0 unspecified atom stereocenters. The number of pyridine rings is 1. The monoisotopic (exact) mass is 688 g/mol. The van der Waals surface area contributed by atoms with Gasteiger partial charge in [-0.15, -0.1) is 0 Å². The summed E-state index contributed by atoms with van der Waals surface area (Å²) < 4.78 is 6.33. The van der Waals surface area contributed by atoms with E-state index in [0.717, 1.165) is 44.3 Å². The number of furan rings is 1. The third kappa shape index (κ3) is 4.94. The molecule has 0 aliphatic heterocycles. The largest absolute Gasteiger partial charge is 0.438 e. The van der Waals surface area contributed by atoms with Gasteiger partial charge in [0.15, 0.2) is 0 Å². The maximum absolute atomic E-state index is 6.33. The lowest BCUT2D eigenvalue weighted by Crippen LogP contribution is -2.10. The van der Waals surface area contributed by atoms with Crippen LogP contribution in [0.3, 0.4) is 0 Å². The van der Waals surface area contributed by atoms with Crippen LogP contribution in [0.15, 0.2) is 199 Å². The number of nitrogens with zero attached hydrogens (tertiary/aromatic N) is 2. The third-order valence-electron chi connectivity index (χ3n) is 10.8. The highest BCUT2D eigenvalue weighted by Gasteiger charge is 2.18. The topological polar surface area (TPSA) is 29.3 Å². The molecule has 0 amide bonds. The van der Waals surface area contributed by atoms with Gasteiger partial charge in [-0.25, -0.2) is 4.98 Å². The number of anilines is 3. The molecule has 0 fully saturated rings. The number of rotatable bonds is 5. The minimum Gasteiger partial charge on any atom is -0.438 e. The Hall–Kier alpha value is -7.23. The van der Waals surface area contributed by atoms with Crippen molar-refractivity contribution in [2.24, 2.45) is 0 Å². The van der Waals surface area contributed by atoms with Gasteiger partial charge in [0.05, 0.1) is 5.52 Å². The van der Waals surface area contributed by atoms with Gasteiger partial charge < -0.3 is 9.32 Å². The molecule has 2 heterocycles. The van der Waals surface area contributed by atoms with E-state index in [4.69, 9.17) is 9.40 Å². The molecule has 0 aliphatic carbocycles. The van der Waals surface area contributed by atoms with Crippen LogP contribution in [0.5, 0.6) is 0 Å². The molecule has 9 aromatic carbocycles. The van der Waals surface area contributed by atoms with E-state index in [1.807, 2.05) is 12.1 Å². The number of aromatic nitrogens is 1. The van der Waals surface area contributed by atoms with Crippen molar-refractivity contribution in [2.75, 3.05) is 4.90 Å². The van der Waals surface area contributed by atoms with Crippen molar-refractivity contribution in [1.82, 2.24) is 4.98 Å². The normalized spacial score (nSPS) is 11.7. The van der Waals surface area contributed by atoms with Crippen LogP contribution >= 0.6 is 0 Å². The fraction of sp³-hybridized carbons (Fsp3) is 0. The molecule has 0 aliphatic rings. The summed E-state index contributed by atoms with van der Waals surface area (Å²) in [6, 6.07) is 69.6. The second kappa shape index (κ2) is 12.2. The first-order valence-electron chi connectivity index (χ1n) is 18.4. The van der Waals surface area contributed by atoms with Crippen LogP contribution in [0.4, 0.5) is 17.1 Å². The van der Waals surface area contributed by atoms with Crippen LogP contribution in [0, 0.1) is 0 Å². The molecule has 11 rings (SSSR count). The molecule has 0 bridgehead atoms. The summed E-state index contributed by atoms with van der Waals surface area (Å²) >= 11 is 0. The second-order valence-electron chi connectivity index (χ2n) is 14.0. The fourth-order valence-corrected chi connectivity index (χ4v) is 8.25. The molecule has 0 radical (unpaired) electrons. The van der Waals surface area contributed by atoms with E-state index in [1.165, 1.54) is 54.6 Å². The first kappa shape index (κ1) is 30.4. The quantitative estimate of drug-likeness (QED) is 0.169. The predicted octanol–water partition coefficient (Wildman–Crippen LogP) is 14.4. The number of para-hydroxylation sites is 1. The second-order valence-corrected chi connectivity index (χ2v) is 14.0.